The van der Waals surface area contributed by atoms with Gasteiger partial charge in [0.2, 0.25) is 0 Å². The summed E-state index contributed by atoms with van der Waals surface area (Å²) in [4.78, 5) is 12.3. The minimum Gasteiger partial charge on any atom is -0.488 e. The van der Waals surface area contributed by atoms with E-state index < -0.39 is 5.60 Å². The third kappa shape index (κ3) is 3.41. The molecule has 3 heteroatoms. The summed E-state index contributed by atoms with van der Waals surface area (Å²) >= 11 is 0. The molecular formula is C22H26O3. The summed E-state index contributed by atoms with van der Waals surface area (Å²) in [5.74, 6) is 1.56. The molecule has 0 aromatic heterocycles. The quantitative estimate of drug-likeness (QED) is 0.767. The average Bonchev–Trinajstić information content (AvgIpc) is 2.48. The molecule has 0 atom stereocenters. The van der Waals surface area contributed by atoms with Crippen molar-refractivity contribution in [3.8, 4) is 11.5 Å². The Balaban J connectivity index is 1.89. The maximum Gasteiger partial charge on any atom is 0.170 e. The monoisotopic (exact) mass is 338 g/mol. The second-order valence-electron chi connectivity index (χ2n) is 7.69. The summed E-state index contributed by atoms with van der Waals surface area (Å²) in [6.07, 6.45) is 0.404. The zero-order valence-electron chi connectivity index (χ0n) is 15.9. The van der Waals surface area contributed by atoms with Gasteiger partial charge in [-0.05, 0) is 70.4 Å². The molecule has 0 amide bonds. The fourth-order valence-electron chi connectivity index (χ4n) is 3.56. The number of ketones is 1. The fraction of sp³-hybridized carbons (Fsp3) is 0.409. The Kier molecular flexibility index (Phi) is 4.36. The Morgan fingerprint density at radius 2 is 1.72 bits per heavy atom. The van der Waals surface area contributed by atoms with E-state index in [1.54, 1.807) is 0 Å². The van der Waals surface area contributed by atoms with E-state index in [-0.39, 0.29) is 5.78 Å². The lowest BCUT2D eigenvalue weighted by Gasteiger charge is -2.33. The van der Waals surface area contributed by atoms with E-state index in [0.717, 1.165) is 11.3 Å². The van der Waals surface area contributed by atoms with E-state index in [1.165, 1.54) is 22.3 Å². The first kappa shape index (κ1) is 17.5. The zero-order valence-corrected chi connectivity index (χ0v) is 15.9. The first-order valence-corrected chi connectivity index (χ1v) is 8.73. The van der Waals surface area contributed by atoms with Crippen LogP contribution in [0.2, 0.25) is 0 Å². The maximum absolute atomic E-state index is 12.3. The largest absolute Gasteiger partial charge is 0.488 e. The van der Waals surface area contributed by atoms with Crippen molar-refractivity contribution in [3.05, 3.63) is 57.6 Å². The van der Waals surface area contributed by atoms with Crippen LogP contribution >= 0.6 is 0 Å². The molecule has 3 rings (SSSR count). The summed E-state index contributed by atoms with van der Waals surface area (Å²) in [5, 5.41) is 0. The average molecular weight is 338 g/mol. The van der Waals surface area contributed by atoms with Gasteiger partial charge in [-0.25, -0.2) is 0 Å². The molecule has 0 N–H and O–H groups in total. The van der Waals surface area contributed by atoms with E-state index in [2.05, 4.69) is 32.9 Å². The summed E-state index contributed by atoms with van der Waals surface area (Å²) in [6.45, 7) is 12.7. The molecule has 0 aliphatic carbocycles. The smallest absolute Gasteiger partial charge is 0.170 e. The molecule has 2 aromatic rings. The Hall–Kier alpha value is -2.29. The van der Waals surface area contributed by atoms with E-state index in [1.807, 2.05) is 32.9 Å². The van der Waals surface area contributed by atoms with E-state index in [0.29, 0.717) is 24.3 Å². The predicted molar refractivity (Wildman–Crippen MR) is 99.8 cm³/mol. The van der Waals surface area contributed by atoms with E-state index in [9.17, 15) is 4.79 Å². The van der Waals surface area contributed by atoms with Gasteiger partial charge < -0.3 is 9.47 Å². The highest BCUT2D eigenvalue weighted by Crippen LogP contribution is 2.39. The molecule has 0 bridgehead atoms. The molecule has 1 aliphatic heterocycles. The van der Waals surface area contributed by atoms with Crippen LogP contribution in [-0.2, 0) is 6.61 Å². The van der Waals surface area contributed by atoms with Gasteiger partial charge in [0.05, 0.1) is 12.0 Å². The van der Waals surface area contributed by atoms with Crippen molar-refractivity contribution in [2.24, 2.45) is 0 Å². The van der Waals surface area contributed by atoms with Crippen LogP contribution in [0.15, 0.2) is 24.3 Å². The molecule has 2 aromatic carbocycles. The molecule has 1 aliphatic rings. The number of aryl methyl sites for hydroxylation is 3. The van der Waals surface area contributed by atoms with Crippen LogP contribution in [0.4, 0.5) is 0 Å². The van der Waals surface area contributed by atoms with Crippen molar-refractivity contribution in [2.75, 3.05) is 0 Å². The van der Waals surface area contributed by atoms with Gasteiger partial charge in [0, 0.05) is 5.56 Å². The van der Waals surface area contributed by atoms with Crippen LogP contribution < -0.4 is 9.47 Å². The molecule has 1 heterocycles. The van der Waals surface area contributed by atoms with Crippen molar-refractivity contribution >= 4 is 5.78 Å². The highest BCUT2D eigenvalue weighted by Gasteiger charge is 2.34. The second kappa shape index (κ2) is 6.21. The maximum atomic E-state index is 12.3. The van der Waals surface area contributed by atoms with Gasteiger partial charge in [-0.15, -0.1) is 0 Å². The molecule has 0 saturated carbocycles. The van der Waals surface area contributed by atoms with Crippen molar-refractivity contribution < 1.29 is 14.3 Å². The molecule has 0 radical (unpaired) electrons. The van der Waals surface area contributed by atoms with E-state index >= 15 is 0 Å². The van der Waals surface area contributed by atoms with Crippen LogP contribution in [0.25, 0.3) is 0 Å². The number of carbonyl (C=O) groups is 1. The molecule has 0 saturated heterocycles. The Bertz CT molecular complexity index is 824. The molecule has 132 valence electrons. The Morgan fingerprint density at radius 3 is 2.36 bits per heavy atom. The van der Waals surface area contributed by atoms with Crippen LogP contribution in [-0.4, -0.2) is 11.4 Å². The number of hydrogen-bond acceptors (Lipinski definition) is 3. The molecule has 0 fully saturated rings. The lowest BCUT2D eigenvalue weighted by atomic mass is 9.91. The van der Waals surface area contributed by atoms with E-state index in [4.69, 9.17) is 9.47 Å². The molecule has 3 nitrogen and oxygen atoms in total. The Labute approximate surface area is 150 Å². The molecule has 0 spiro atoms. The third-order valence-corrected chi connectivity index (χ3v) is 4.83. The summed E-state index contributed by atoms with van der Waals surface area (Å²) in [6, 6.07) is 8.06. The minimum atomic E-state index is -0.475. The lowest BCUT2D eigenvalue weighted by molar-refractivity contribution is 0.0613. The van der Waals surface area contributed by atoms with Crippen molar-refractivity contribution in [3.63, 3.8) is 0 Å². The number of hydrogen-bond donors (Lipinski definition) is 0. The van der Waals surface area contributed by atoms with Crippen molar-refractivity contribution in [2.45, 2.75) is 60.2 Å². The first-order valence-electron chi connectivity index (χ1n) is 8.73. The van der Waals surface area contributed by atoms with Crippen molar-refractivity contribution in [1.82, 2.24) is 0 Å². The minimum absolute atomic E-state index is 0.131. The number of Topliss-reactive ketones (excluding diaryl/α,β-unsaturated/α-hetero) is 1. The van der Waals surface area contributed by atoms with Gasteiger partial charge in [-0.1, -0.05) is 17.7 Å². The summed E-state index contributed by atoms with van der Waals surface area (Å²) in [5.41, 5.74) is 6.02. The topological polar surface area (TPSA) is 35.5 Å². The summed E-state index contributed by atoms with van der Waals surface area (Å²) in [7, 11) is 0. The van der Waals surface area contributed by atoms with Crippen LogP contribution in [0.3, 0.4) is 0 Å². The number of carbonyl (C=O) groups excluding carboxylic acids is 1. The van der Waals surface area contributed by atoms with Crippen LogP contribution in [0, 0.1) is 27.7 Å². The standard InChI is InChI=1S/C22H26O3/c1-13-9-14(2)18(15(3)10-13)12-24-20-8-7-17-19(23)11-22(5,6)25-21(17)16(20)4/h7-10H,11-12H2,1-6H3. The normalized spacial score (nSPS) is 15.5. The second-order valence-corrected chi connectivity index (χ2v) is 7.69. The number of fused-ring (bicyclic) bond motifs is 1. The molecule has 25 heavy (non-hydrogen) atoms. The highest BCUT2D eigenvalue weighted by molar-refractivity contribution is 6.01. The van der Waals surface area contributed by atoms with Gasteiger partial charge in [0.25, 0.3) is 0 Å². The molecule has 0 unspecified atom stereocenters. The predicted octanol–water partition coefficient (Wildman–Crippen LogP) is 5.24. The summed E-state index contributed by atoms with van der Waals surface area (Å²) < 4.78 is 12.2. The van der Waals surface area contributed by atoms with Gasteiger partial charge in [0.1, 0.15) is 23.7 Å². The van der Waals surface area contributed by atoms with Gasteiger partial charge >= 0.3 is 0 Å². The fourth-order valence-corrected chi connectivity index (χ4v) is 3.56. The zero-order chi connectivity index (χ0) is 18.4. The molecular weight excluding hydrogens is 312 g/mol. The lowest BCUT2D eigenvalue weighted by Crippen LogP contribution is -2.36. The highest BCUT2D eigenvalue weighted by atomic mass is 16.5. The van der Waals surface area contributed by atoms with Crippen LogP contribution in [0.1, 0.15) is 58.4 Å². The number of benzene rings is 2. The number of rotatable bonds is 3. The first-order chi connectivity index (χ1) is 11.7. The van der Waals surface area contributed by atoms with Gasteiger partial charge in [0.15, 0.2) is 5.78 Å². The van der Waals surface area contributed by atoms with Gasteiger partial charge in [-0.3, -0.25) is 4.79 Å². The van der Waals surface area contributed by atoms with Gasteiger partial charge in [-0.2, -0.15) is 0 Å². The number of ether oxygens (including phenoxy) is 2. The van der Waals surface area contributed by atoms with Crippen LogP contribution in [0.5, 0.6) is 11.5 Å². The SMILES string of the molecule is Cc1cc(C)c(COc2ccc3c(c2C)OC(C)(C)CC3=O)c(C)c1. The Morgan fingerprint density at radius 1 is 1.08 bits per heavy atom. The van der Waals surface area contributed by atoms with Crippen molar-refractivity contribution in [1.29, 1.82) is 0 Å². The third-order valence-electron chi connectivity index (χ3n) is 4.83.